The van der Waals surface area contributed by atoms with E-state index in [2.05, 4.69) is 9.98 Å². The van der Waals surface area contributed by atoms with E-state index in [0.717, 1.165) is 5.57 Å². The third-order valence-corrected chi connectivity index (χ3v) is 2.73. The fraction of sp³-hybridized carbons (Fsp3) is 0.364. The van der Waals surface area contributed by atoms with Crippen LogP contribution in [0.25, 0.3) is 0 Å². The zero-order valence-corrected chi connectivity index (χ0v) is 9.78. The highest BCUT2D eigenvalue weighted by Crippen LogP contribution is 2.25. The number of aliphatic imine (C=N–C) groups is 2. The van der Waals surface area contributed by atoms with Crippen LogP contribution in [0.3, 0.4) is 0 Å². The van der Waals surface area contributed by atoms with Crippen molar-refractivity contribution in [1.29, 1.82) is 0 Å². The minimum Gasteiger partial charge on any atom is -0.461 e. The Hall–Kier alpha value is -1.42. The molecule has 0 radical (unpaired) electrons. The van der Waals surface area contributed by atoms with E-state index in [9.17, 15) is 4.79 Å². The second kappa shape index (κ2) is 4.22. The first-order valence-electron chi connectivity index (χ1n) is 5.01. The summed E-state index contributed by atoms with van der Waals surface area (Å²) in [6.07, 6.45) is 3.36. The van der Waals surface area contributed by atoms with Gasteiger partial charge in [-0.3, -0.25) is 4.99 Å². The van der Waals surface area contributed by atoms with Crippen molar-refractivity contribution in [3.05, 3.63) is 23.5 Å². The van der Waals surface area contributed by atoms with E-state index in [0.29, 0.717) is 23.7 Å². The Morgan fingerprint density at radius 1 is 1.62 bits per heavy atom. The highest BCUT2D eigenvalue weighted by molar-refractivity contribution is 6.60. The lowest BCUT2D eigenvalue weighted by Gasteiger charge is -2.09. The highest BCUT2D eigenvalue weighted by atomic mass is 35.5. The molecular formula is C11H11ClN2O2. The van der Waals surface area contributed by atoms with Gasteiger partial charge in [-0.15, -0.1) is 11.6 Å². The van der Waals surface area contributed by atoms with Crippen LogP contribution in [-0.2, 0) is 9.53 Å². The molecule has 1 atom stereocenters. The van der Waals surface area contributed by atoms with Crippen molar-refractivity contribution in [2.45, 2.75) is 19.2 Å². The van der Waals surface area contributed by atoms with Crippen molar-refractivity contribution in [3.8, 4) is 0 Å². The molecule has 0 bridgehead atoms. The number of hydrogen-bond donors (Lipinski definition) is 0. The fourth-order valence-electron chi connectivity index (χ4n) is 1.60. The van der Waals surface area contributed by atoms with Crippen LogP contribution in [0.15, 0.2) is 33.5 Å². The Bertz CT molecular complexity index is 461. The van der Waals surface area contributed by atoms with Crippen LogP contribution in [0.1, 0.15) is 13.8 Å². The maximum absolute atomic E-state index is 11.6. The molecule has 0 saturated carbocycles. The van der Waals surface area contributed by atoms with Crippen LogP contribution in [0.2, 0.25) is 0 Å². The second-order valence-electron chi connectivity index (χ2n) is 3.41. The van der Waals surface area contributed by atoms with Gasteiger partial charge in [-0.1, -0.05) is 0 Å². The summed E-state index contributed by atoms with van der Waals surface area (Å²) in [6, 6.07) is 0. The third kappa shape index (κ3) is 1.69. The van der Waals surface area contributed by atoms with E-state index in [-0.39, 0.29) is 5.38 Å². The van der Waals surface area contributed by atoms with Crippen molar-refractivity contribution in [2.75, 3.05) is 6.61 Å². The molecule has 0 unspecified atom stereocenters. The third-order valence-electron chi connectivity index (χ3n) is 2.37. The van der Waals surface area contributed by atoms with Crippen LogP contribution in [0, 0.1) is 0 Å². The molecule has 5 heteroatoms. The molecular weight excluding hydrogens is 228 g/mol. The van der Waals surface area contributed by atoms with E-state index in [1.807, 2.05) is 0 Å². The van der Waals surface area contributed by atoms with Crippen LogP contribution in [0.5, 0.6) is 0 Å². The summed E-state index contributed by atoms with van der Waals surface area (Å²) in [7, 11) is 0. The average Bonchev–Trinajstić information content (AvgIpc) is 2.59. The quantitative estimate of drug-likeness (QED) is 0.545. The van der Waals surface area contributed by atoms with Gasteiger partial charge in [-0.25, -0.2) is 9.79 Å². The van der Waals surface area contributed by atoms with Gasteiger partial charge in [0.15, 0.2) is 5.70 Å². The van der Waals surface area contributed by atoms with Gasteiger partial charge in [0.25, 0.3) is 0 Å². The molecule has 2 heterocycles. The Kier molecular flexibility index (Phi) is 2.92. The van der Waals surface area contributed by atoms with Gasteiger partial charge in [0.1, 0.15) is 0 Å². The summed E-state index contributed by atoms with van der Waals surface area (Å²) in [4.78, 5) is 20.0. The largest absolute Gasteiger partial charge is 0.461 e. The zero-order chi connectivity index (χ0) is 11.7. The van der Waals surface area contributed by atoms with Crippen LogP contribution >= 0.6 is 11.6 Å². The molecule has 0 aromatic rings. The van der Waals surface area contributed by atoms with E-state index in [1.165, 1.54) is 0 Å². The smallest absolute Gasteiger partial charge is 0.357 e. The van der Waals surface area contributed by atoms with Gasteiger partial charge in [0, 0.05) is 11.8 Å². The topological polar surface area (TPSA) is 51.0 Å². The van der Waals surface area contributed by atoms with E-state index < -0.39 is 5.97 Å². The van der Waals surface area contributed by atoms with E-state index in [4.69, 9.17) is 16.3 Å². The molecule has 0 saturated heterocycles. The molecule has 2 rings (SSSR count). The van der Waals surface area contributed by atoms with Crippen molar-refractivity contribution < 1.29 is 9.53 Å². The fourth-order valence-corrected chi connectivity index (χ4v) is 1.82. The molecule has 4 nitrogen and oxygen atoms in total. The molecule has 0 amide bonds. The molecule has 16 heavy (non-hydrogen) atoms. The van der Waals surface area contributed by atoms with Gasteiger partial charge in [-0.05, 0) is 19.9 Å². The summed E-state index contributed by atoms with van der Waals surface area (Å²) in [5, 5.41) is -0.325. The molecule has 0 N–H and O–H groups in total. The summed E-state index contributed by atoms with van der Waals surface area (Å²) >= 11 is 6.05. The SMILES string of the molecule is CCOC(=O)C1=C(C)C2=NC=C[C@H](Cl)C2=N1. The normalized spacial score (nSPS) is 22.8. The Balaban J connectivity index is 2.36. The van der Waals surface area contributed by atoms with Gasteiger partial charge in [-0.2, -0.15) is 0 Å². The summed E-state index contributed by atoms with van der Waals surface area (Å²) in [5.74, 6) is -0.423. The van der Waals surface area contributed by atoms with Crippen molar-refractivity contribution >= 4 is 29.0 Å². The maximum atomic E-state index is 11.6. The molecule has 0 aromatic carbocycles. The summed E-state index contributed by atoms with van der Waals surface area (Å²) in [5.41, 5.74) is 2.35. The monoisotopic (exact) mass is 238 g/mol. The number of alkyl halides is 1. The predicted molar refractivity (Wildman–Crippen MR) is 63.0 cm³/mol. The Labute approximate surface area is 98.4 Å². The van der Waals surface area contributed by atoms with E-state index in [1.54, 1.807) is 26.1 Å². The predicted octanol–water partition coefficient (Wildman–Crippen LogP) is 1.85. The number of carbonyl (C=O) groups is 1. The Morgan fingerprint density at radius 3 is 3.00 bits per heavy atom. The minimum absolute atomic E-state index is 0.310. The summed E-state index contributed by atoms with van der Waals surface area (Å²) in [6.45, 7) is 3.88. The van der Waals surface area contributed by atoms with Gasteiger partial charge in [0.2, 0.25) is 0 Å². The first-order chi connectivity index (χ1) is 7.65. The number of nitrogens with zero attached hydrogens (tertiary/aromatic N) is 2. The number of ether oxygens (including phenoxy) is 1. The standard InChI is InChI=1S/C11H11ClN2O2/c1-3-16-11(15)9-6(2)8-10(14-9)7(12)4-5-13-8/h4-5,7H,3H2,1-2H3/t7-/m0/s1. The molecule has 0 spiro atoms. The first-order valence-corrected chi connectivity index (χ1v) is 5.44. The average molecular weight is 239 g/mol. The lowest BCUT2D eigenvalue weighted by molar-refractivity contribution is -0.138. The zero-order valence-electron chi connectivity index (χ0n) is 9.03. The van der Waals surface area contributed by atoms with Crippen molar-refractivity contribution in [1.82, 2.24) is 0 Å². The first kappa shape index (κ1) is 11.1. The molecule has 2 aliphatic rings. The Morgan fingerprint density at radius 2 is 2.38 bits per heavy atom. The van der Waals surface area contributed by atoms with Gasteiger partial charge >= 0.3 is 5.97 Å². The lowest BCUT2D eigenvalue weighted by atomic mass is 10.1. The molecule has 0 aromatic heterocycles. The lowest BCUT2D eigenvalue weighted by Crippen LogP contribution is -2.23. The molecule has 2 aliphatic heterocycles. The van der Waals surface area contributed by atoms with Crippen LogP contribution < -0.4 is 0 Å². The van der Waals surface area contributed by atoms with Gasteiger partial charge in [0.05, 0.1) is 23.4 Å². The van der Waals surface area contributed by atoms with Crippen molar-refractivity contribution in [2.24, 2.45) is 9.98 Å². The minimum atomic E-state index is -0.423. The number of carbonyl (C=O) groups excluding carboxylic acids is 1. The maximum Gasteiger partial charge on any atom is 0.357 e. The van der Waals surface area contributed by atoms with Crippen molar-refractivity contribution in [3.63, 3.8) is 0 Å². The van der Waals surface area contributed by atoms with Crippen LogP contribution in [-0.4, -0.2) is 29.4 Å². The highest BCUT2D eigenvalue weighted by Gasteiger charge is 2.31. The molecule has 0 fully saturated rings. The number of esters is 1. The number of allylic oxidation sites excluding steroid dienone is 2. The number of rotatable bonds is 2. The molecule has 0 aliphatic carbocycles. The molecule has 84 valence electrons. The number of fused-ring (bicyclic) bond motifs is 1. The number of hydrogen-bond acceptors (Lipinski definition) is 4. The van der Waals surface area contributed by atoms with E-state index >= 15 is 0 Å². The number of halogens is 1. The second-order valence-corrected chi connectivity index (χ2v) is 3.88. The van der Waals surface area contributed by atoms with Gasteiger partial charge < -0.3 is 4.74 Å². The summed E-state index contributed by atoms with van der Waals surface area (Å²) < 4.78 is 4.92. The van der Waals surface area contributed by atoms with Crippen LogP contribution in [0.4, 0.5) is 0 Å².